The average molecular weight is 347 g/mol. The van der Waals surface area contributed by atoms with Crippen molar-refractivity contribution < 1.29 is 0 Å². The lowest BCUT2D eigenvalue weighted by Crippen LogP contribution is -2.26. The maximum Gasteiger partial charge on any atom is 0.247 e. The molecule has 116 valence electrons. The molecular weight excluding hydrogens is 335 g/mol. The van der Waals surface area contributed by atoms with Crippen LogP contribution in [0.4, 0.5) is 17.5 Å². The third-order valence-electron chi connectivity index (χ3n) is 3.07. The summed E-state index contributed by atoms with van der Waals surface area (Å²) in [5.41, 5.74) is 7.07. The van der Waals surface area contributed by atoms with Crippen LogP contribution in [0.15, 0.2) is 48.5 Å². The number of nitrogens with one attached hydrogen (secondary N) is 2. The molecule has 4 N–H and O–H groups in total. The van der Waals surface area contributed by atoms with Crippen LogP contribution < -0.4 is 16.5 Å². The predicted molar refractivity (Wildman–Crippen MR) is 91.4 cm³/mol. The summed E-state index contributed by atoms with van der Waals surface area (Å²) in [7, 11) is 0. The normalized spacial score (nSPS) is 10.5. The molecule has 1 heterocycles. The van der Waals surface area contributed by atoms with E-state index in [4.69, 9.17) is 34.3 Å². The smallest absolute Gasteiger partial charge is 0.247 e. The van der Waals surface area contributed by atoms with Crippen molar-refractivity contribution in [1.82, 2.24) is 14.8 Å². The summed E-state index contributed by atoms with van der Waals surface area (Å²) in [6, 6.07) is 14.4. The van der Waals surface area contributed by atoms with Gasteiger partial charge in [0.05, 0.1) is 21.4 Å². The van der Waals surface area contributed by atoms with Crippen molar-refractivity contribution in [2.24, 2.45) is 0 Å². The van der Waals surface area contributed by atoms with Gasteiger partial charge in [0.2, 0.25) is 5.95 Å². The molecule has 3 rings (SSSR count). The second kappa shape index (κ2) is 6.28. The largest absolute Gasteiger partial charge is 0.380 e. The van der Waals surface area contributed by atoms with E-state index >= 15 is 0 Å². The van der Waals surface area contributed by atoms with Gasteiger partial charge < -0.3 is 11.1 Å². The lowest BCUT2D eigenvalue weighted by atomic mass is 10.3. The highest BCUT2D eigenvalue weighted by Crippen LogP contribution is 2.30. The fourth-order valence-electron chi connectivity index (χ4n) is 1.97. The van der Waals surface area contributed by atoms with Gasteiger partial charge in [-0.3, -0.25) is 5.41 Å². The zero-order valence-electron chi connectivity index (χ0n) is 11.8. The average Bonchev–Trinajstić information content (AvgIpc) is 2.56. The summed E-state index contributed by atoms with van der Waals surface area (Å²) in [6.07, 6.45) is 0. The Hall–Kier alpha value is -2.57. The molecule has 0 radical (unpaired) electrons. The number of benzene rings is 2. The second-order valence-electron chi connectivity index (χ2n) is 4.64. The third kappa shape index (κ3) is 3.13. The van der Waals surface area contributed by atoms with Gasteiger partial charge in [-0.15, -0.1) is 5.10 Å². The van der Waals surface area contributed by atoms with Crippen LogP contribution in [0.25, 0.3) is 5.69 Å². The Kier molecular flexibility index (Phi) is 4.18. The van der Waals surface area contributed by atoms with E-state index in [1.807, 2.05) is 30.3 Å². The Bertz CT molecular complexity index is 908. The number of para-hydroxylation sites is 1. The molecular formula is C15H12Cl2N6. The van der Waals surface area contributed by atoms with Gasteiger partial charge in [-0.05, 0) is 24.3 Å². The summed E-state index contributed by atoms with van der Waals surface area (Å²) in [6.45, 7) is 0. The standard InChI is InChI=1S/C15H12Cl2N6/c16-10-7-4-8-11(12(10)17)20-15-21-13(18)14(19)23(22-15)9-5-2-1-3-6-9/h1-8,19H,(H3,18,20,21,22). The monoisotopic (exact) mass is 346 g/mol. The van der Waals surface area contributed by atoms with Gasteiger partial charge in [-0.1, -0.05) is 47.5 Å². The van der Waals surface area contributed by atoms with E-state index in [0.717, 1.165) is 0 Å². The van der Waals surface area contributed by atoms with E-state index in [1.54, 1.807) is 18.2 Å². The number of hydrogen-bond donors (Lipinski definition) is 3. The van der Waals surface area contributed by atoms with Gasteiger partial charge in [-0.2, -0.15) is 4.98 Å². The highest BCUT2D eigenvalue weighted by molar-refractivity contribution is 6.43. The van der Waals surface area contributed by atoms with Crippen LogP contribution in [0, 0.1) is 5.41 Å². The van der Waals surface area contributed by atoms with Crippen molar-refractivity contribution >= 4 is 40.7 Å². The third-order valence-corrected chi connectivity index (χ3v) is 3.89. The Labute approximate surface area is 142 Å². The molecule has 23 heavy (non-hydrogen) atoms. The molecule has 0 aliphatic heterocycles. The van der Waals surface area contributed by atoms with Crippen LogP contribution in [-0.4, -0.2) is 14.8 Å². The van der Waals surface area contributed by atoms with Crippen molar-refractivity contribution in [1.29, 1.82) is 5.41 Å². The summed E-state index contributed by atoms with van der Waals surface area (Å²) in [4.78, 5) is 4.07. The summed E-state index contributed by atoms with van der Waals surface area (Å²) in [5, 5.41) is 16.1. The van der Waals surface area contributed by atoms with E-state index in [9.17, 15) is 0 Å². The minimum atomic E-state index is -0.000981. The molecule has 0 aliphatic carbocycles. The second-order valence-corrected chi connectivity index (χ2v) is 5.43. The van der Waals surface area contributed by atoms with E-state index in [2.05, 4.69) is 15.4 Å². The zero-order chi connectivity index (χ0) is 16.4. The number of halogens is 2. The minimum Gasteiger partial charge on any atom is -0.380 e. The van der Waals surface area contributed by atoms with E-state index in [-0.39, 0.29) is 17.3 Å². The Balaban J connectivity index is 2.06. The number of nitrogens with zero attached hydrogens (tertiary/aromatic N) is 3. The van der Waals surface area contributed by atoms with Crippen molar-refractivity contribution in [2.75, 3.05) is 11.1 Å². The molecule has 8 heteroatoms. The molecule has 0 aliphatic rings. The highest BCUT2D eigenvalue weighted by Gasteiger charge is 2.10. The van der Waals surface area contributed by atoms with Crippen molar-refractivity contribution in [3.63, 3.8) is 0 Å². The van der Waals surface area contributed by atoms with Gasteiger partial charge in [0.15, 0.2) is 11.3 Å². The fraction of sp³-hybridized carbons (Fsp3) is 0. The molecule has 0 saturated carbocycles. The molecule has 0 spiro atoms. The van der Waals surface area contributed by atoms with E-state index in [0.29, 0.717) is 21.4 Å². The number of nitrogen functional groups attached to an aromatic ring is 1. The molecule has 0 bridgehead atoms. The summed E-state index contributed by atoms with van der Waals surface area (Å²) in [5.74, 6) is 0.260. The molecule has 0 atom stereocenters. The molecule has 0 unspecified atom stereocenters. The van der Waals surface area contributed by atoms with Gasteiger partial charge in [0.1, 0.15) is 0 Å². The minimum absolute atomic E-state index is 0.000981. The molecule has 3 aromatic rings. The Morgan fingerprint density at radius 3 is 2.52 bits per heavy atom. The number of nitrogens with two attached hydrogens (primary N) is 1. The molecule has 0 fully saturated rings. The summed E-state index contributed by atoms with van der Waals surface area (Å²) < 4.78 is 1.39. The van der Waals surface area contributed by atoms with Crippen LogP contribution >= 0.6 is 23.2 Å². The van der Waals surface area contributed by atoms with E-state index < -0.39 is 0 Å². The van der Waals surface area contributed by atoms with Gasteiger partial charge >= 0.3 is 0 Å². The maximum atomic E-state index is 8.02. The molecule has 0 amide bonds. The molecule has 0 saturated heterocycles. The predicted octanol–water partition coefficient (Wildman–Crippen LogP) is 3.38. The van der Waals surface area contributed by atoms with E-state index in [1.165, 1.54) is 4.68 Å². The summed E-state index contributed by atoms with van der Waals surface area (Å²) >= 11 is 12.1. The molecule has 6 nitrogen and oxygen atoms in total. The lowest BCUT2D eigenvalue weighted by Gasteiger charge is -2.11. The lowest BCUT2D eigenvalue weighted by molar-refractivity contribution is 0.761. The SMILES string of the molecule is N=c1c(N)nc(Nc2cccc(Cl)c2Cl)nn1-c1ccccc1. The zero-order valence-corrected chi connectivity index (χ0v) is 13.3. The van der Waals surface area contributed by atoms with Gasteiger partial charge in [-0.25, -0.2) is 4.68 Å². The molecule has 1 aromatic heterocycles. The highest BCUT2D eigenvalue weighted by atomic mass is 35.5. The fourth-order valence-corrected chi connectivity index (χ4v) is 2.32. The Morgan fingerprint density at radius 1 is 1.04 bits per heavy atom. The van der Waals surface area contributed by atoms with Crippen molar-refractivity contribution in [2.45, 2.75) is 0 Å². The van der Waals surface area contributed by atoms with Gasteiger partial charge in [0.25, 0.3) is 0 Å². The topological polar surface area (TPSA) is 92.6 Å². The van der Waals surface area contributed by atoms with Crippen LogP contribution in [0.5, 0.6) is 0 Å². The van der Waals surface area contributed by atoms with Crippen molar-refractivity contribution in [3.05, 3.63) is 64.1 Å². The van der Waals surface area contributed by atoms with Crippen LogP contribution in [0.2, 0.25) is 10.0 Å². The van der Waals surface area contributed by atoms with Crippen molar-refractivity contribution in [3.8, 4) is 5.69 Å². The maximum absolute atomic E-state index is 8.02. The first-order valence-electron chi connectivity index (χ1n) is 6.64. The first-order valence-corrected chi connectivity index (χ1v) is 7.40. The van der Waals surface area contributed by atoms with Gasteiger partial charge in [0, 0.05) is 0 Å². The van der Waals surface area contributed by atoms with Crippen LogP contribution in [0.3, 0.4) is 0 Å². The number of hydrogen-bond acceptors (Lipinski definition) is 5. The Morgan fingerprint density at radius 2 is 1.78 bits per heavy atom. The number of aromatic nitrogens is 3. The number of anilines is 3. The van der Waals surface area contributed by atoms with Crippen LogP contribution in [-0.2, 0) is 0 Å². The van der Waals surface area contributed by atoms with Crippen LogP contribution in [0.1, 0.15) is 0 Å². The quantitative estimate of drug-likeness (QED) is 0.677. The molecule has 2 aromatic carbocycles. The first kappa shape index (κ1) is 15.3. The first-order chi connectivity index (χ1) is 11.1. The number of rotatable bonds is 3.